The van der Waals surface area contributed by atoms with Gasteiger partial charge in [0.25, 0.3) is 5.91 Å². The first-order valence-corrected chi connectivity index (χ1v) is 9.50. The van der Waals surface area contributed by atoms with Gasteiger partial charge in [-0.3, -0.25) is 9.59 Å². The summed E-state index contributed by atoms with van der Waals surface area (Å²) >= 11 is 11.9. The fourth-order valence-electron chi connectivity index (χ4n) is 3.64. The molecule has 0 aliphatic carbocycles. The zero-order valence-corrected chi connectivity index (χ0v) is 16.8. The molecule has 0 bridgehead atoms. The Morgan fingerprint density at radius 1 is 1.00 bits per heavy atom. The summed E-state index contributed by atoms with van der Waals surface area (Å²) in [5.41, 5.74) is 6.49. The first kappa shape index (κ1) is 21.3. The lowest BCUT2D eigenvalue weighted by atomic mass is 9.94. The third-order valence-electron chi connectivity index (χ3n) is 4.99. The van der Waals surface area contributed by atoms with Crippen molar-refractivity contribution in [3.05, 3.63) is 33.8 Å². The summed E-state index contributed by atoms with van der Waals surface area (Å²) in [5.74, 6) is -0.126. The van der Waals surface area contributed by atoms with Crippen molar-refractivity contribution in [3.8, 4) is 0 Å². The number of halogens is 3. The second-order valence-corrected chi connectivity index (χ2v) is 7.72. The predicted octanol–water partition coefficient (Wildman–Crippen LogP) is 3.22. The van der Waals surface area contributed by atoms with Gasteiger partial charge in [-0.05, 0) is 43.9 Å². The predicted molar refractivity (Wildman–Crippen MR) is 106 cm³/mol. The Hall–Kier alpha value is -1.01. The van der Waals surface area contributed by atoms with Gasteiger partial charge >= 0.3 is 0 Å². The highest BCUT2D eigenvalue weighted by molar-refractivity contribution is 6.42. The third kappa shape index (κ3) is 4.83. The van der Waals surface area contributed by atoms with E-state index >= 15 is 0 Å². The number of nitrogens with two attached hydrogens (primary N) is 1. The maximum atomic E-state index is 12.8. The highest BCUT2D eigenvalue weighted by Crippen LogP contribution is 2.26. The Kier molecular flexibility index (Phi) is 7.59. The van der Waals surface area contributed by atoms with Crippen LogP contribution in [0.4, 0.5) is 0 Å². The largest absolute Gasteiger partial charge is 0.341 e. The first-order valence-electron chi connectivity index (χ1n) is 8.74. The summed E-state index contributed by atoms with van der Waals surface area (Å²) < 4.78 is 0. The minimum atomic E-state index is -0.147. The lowest BCUT2D eigenvalue weighted by molar-refractivity contribution is -0.138. The van der Waals surface area contributed by atoms with Gasteiger partial charge in [0.1, 0.15) is 0 Å². The number of likely N-dealkylation sites (tertiary alicyclic amines) is 2. The van der Waals surface area contributed by atoms with Gasteiger partial charge in [0.05, 0.1) is 16.0 Å². The van der Waals surface area contributed by atoms with Crippen LogP contribution in [-0.4, -0.2) is 53.8 Å². The average Bonchev–Trinajstić information content (AvgIpc) is 2.63. The van der Waals surface area contributed by atoms with E-state index in [2.05, 4.69) is 0 Å². The lowest BCUT2D eigenvalue weighted by Gasteiger charge is -2.37. The quantitative estimate of drug-likeness (QED) is 0.799. The molecule has 1 aromatic rings. The highest BCUT2D eigenvalue weighted by Gasteiger charge is 2.33. The SMILES string of the molecule is Cl.NC1CCCN(C(=O)C2CCCN(C(=O)c3ccc(Cl)c(Cl)c3)C2)C1. The molecule has 0 saturated carbocycles. The monoisotopic (exact) mass is 419 g/mol. The molecule has 1 aromatic carbocycles. The topological polar surface area (TPSA) is 66.6 Å². The Labute approximate surface area is 170 Å². The molecule has 0 spiro atoms. The number of rotatable bonds is 2. The Morgan fingerprint density at radius 3 is 2.38 bits per heavy atom. The first-order chi connectivity index (χ1) is 12.0. The van der Waals surface area contributed by atoms with Gasteiger partial charge in [-0.25, -0.2) is 0 Å². The van der Waals surface area contributed by atoms with E-state index in [1.54, 1.807) is 23.1 Å². The molecule has 144 valence electrons. The summed E-state index contributed by atoms with van der Waals surface area (Å²) in [5, 5.41) is 0.783. The second-order valence-electron chi connectivity index (χ2n) is 6.91. The van der Waals surface area contributed by atoms with Crippen LogP contribution in [0, 0.1) is 5.92 Å². The molecule has 5 nitrogen and oxygen atoms in total. The van der Waals surface area contributed by atoms with Crippen LogP contribution in [0.15, 0.2) is 18.2 Å². The highest BCUT2D eigenvalue weighted by atomic mass is 35.5. The molecule has 0 aromatic heterocycles. The zero-order chi connectivity index (χ0) is 18.0. The van der Waals surface area contributed by atoms with E-state index in [-0.39, 0.29) is 36.2 Å². The Morgan fingerprint density at radius 2 is 1.69 bits per heavy atom. The van der Waals surface area contributed by atoms with Crippen molar-refractivity contribution in [2.24, 2.45) is 11.7 Å². The summed E-state index contributed by atoms with van der Waals surface area (Å²) in [6.45, 7) is 2.49. The summed E-state index contributed by atoms with van der Waals surface area (Å²) in [6, 6.07) is 4.95. The maximum absolute atomic E-state index is 12.8. The number of amides is 2. The van der Waals surface area contributed by atoms with E-state index in [4.69, 9.17) is 28.9 Å². The molecule has 26 heavy (non-hydrogen) atoms. The van der Waals surface area contributed by atoms with E-state index in [1.807, 2.05) is 4.90 Å². The third-order valence-corrected chi connectivity index (χ3v) is 5.73. The normalized spacial score (nSPS) is 23.3. The van der Waals surface area contributed by atoms with Crippen LogP contribution in [0.25, 0.3) is 0 Å². The van der Waals surface area contributed by atoms with Crippen LogP contribution in [0.5, 0.6) is 0 Å². The van der Waals surface area contributed by atoms with Crippen LogP contribution < -0.4 is 5.73 Å². The Bertz CT molecular complexity index is 671. The lowest BCUT2D eigenvalue weighted by Crippen LogP contribution is -2.51. The molecule has 2 atom stereocenters. The molecule has 2 saturated heterocycles. The molecule has 2 aliphatic heterocycles. The molecule has 2 aliphatic rings. The van der Waals surface area contributed by atoms with Gasteiger partial charge in [0.15, 0.2) is 0 Å². The molecule has 2 fully saturated rings. The van der Waals surface area contributed by atoms with Crippen LogP contribution in [-0.2, 0) is 4.79 Å². The van der Waals surface area contributed by atoms with Gasteiger partial charge in [-0.1, -0.05) is 23.2 Å². The molecule has 2 heterocycles. The van der Waals surface area contributed by atoms with Crippen molar-refractivity contribution < 1.29 is 9.59 Å². The molecule has 0 radical (unpaired) electrons. The van der Waals surface area contributed by atoms with Crippen molar-refractivity contribution >= 4 is 47.4 Å². The van der Waals surface area contributed by atoms with Gasteiger partial charge in [-0.2, -0.15) is 0 Å². The molecule has 2 amide bonds. The number of hydrogen-bond donors (Lipinski definition) is 1. The number of benzene rings is 1. The van der Waals surface area contributed by atoms with Crippen molar-refractivity contribution in [2.45, 2.75) is 31.7 Å². The molecule has 2 unspecified atom stereocenters. The van der Waals surface area contributed by atoms with Crippen LogP contribution in [0.1, 0.15) is 36.0 Å². The van der Waals surface area contributed by atoms with Gasteiger partial charge < -0.3 is 15.5 Å². The zero-order valence-electron chi connectivity index (χ0n) is 14.5. The maximum Gasteiger partial charge on any atom is 0.253 e. The fraction of sp³-hybridized carbons (Fsp3) is 0.556. The van der Waals surface area contributed by atoms with Crippen molar-refractivity contribution in [1.29, 1.82) is 0 Å². The van der Waals surface area contributed by atoms with Crippen LogP contribution in [0.2, 0.25) is 10.0 Å². The molecular weight excluding hydrogens is 397 g/mol. The Balaban J connectivity index is 0.00000243. The minimum Gasteiger partial charge on any atom is -0.341 e. The van der Waals surface area contributed by atoms with Crippen molar-refractivity contribution in [2.75, 3.05) is 26.2 Å². The van der Waals surface area contributed by atoms with E-state index in [1.165, 1.54) is 0 Å². The molecule has 3 rings (SSSR count). The minimum absolute atomic E-state index is 0. The number of hydrogen-bond acceptors (Lipinski definition) is 3. The summed E-state index contributed by atoms with van der Waals surface area (Å²) in [7, 11) is 0. The van der Waals surface area contributed by atoms with E-state index in [0.29, 0.717) is 35.2 Å². The number of piperidine rings is 2. The van der Waals surface area contributed by atoms with Gasteiger partial charge in [-0.15, -0.1) is 12.4 Å². The van der Waals surface area contributed by atoms with Crippen LogP contribution >= 0.6 is 35.6 Å². The average molecular weight is 421 g/mol. The van der Waals surface area contributed by atoms with Gasteiger partial charge in [0.2, 0.25) is 5.91 Å². The van der Waals surface area contributed by atoms with E-state index in [9.17, 15) is 9.59 Å². The van der Waals surface area contributed by atoms with Crippen molar-refractivity contribution in [3.63, 3.8) is 0 Å². The molecular formula is C18H24Cl3N3O2. The number of nitrogens with zero attached hydrogens (tertiary/aromatic N) is 2. The number of carbonyl (C=O) groups is 2. The van der Waals surface area contributed by atoms with Crippen LogP contribution in [0.3, 0.4) is 0 Å². The summed E-state index contributed by atoms with van der Waals surface area (Å²) in [6.07, 6.45) is 3.56. The molecule has 8 heteroatoms. The van der Waals surface area contributed by atoms with E-state index < -0.39 is 0 Å². The van der Waals surface area contributed by atoms with Crippen molar-refractivity contribution in [1.82, 2.24) is 9.80 Å². The number of carbonyl (C=O) groups excluding carboxylic acids is 2. The molecule has 2 N–H and O–H groups in total. The van der Waals surface area contributed by atoms with E-state index in [0.717, 1.165) is 32.2 Å². The van der Waals surface area contributed by atoms with Gasteiger partial charge in [0, 0.05) is 37.8 Å². The standard InChI is InChI=1S/C18H23Cl2N3O2.ClH/c19-15-6-5-12(9-16(15)20)17(24)22-7-1-3-13(10-22)18(25)23-8-2-4-14(21)11-23;/h5-6,9,13-14H,1-4,7-8,10-11,21H2;1H. The summed E-state index contributed by atoms with van der Waals surface area (Å²) in [4.78, 5) is 29.1. The second kappa shape index (κ2) is 9.27. The smallest absolute Gasteiger partial charge is 0.253 e. The fourth-order valence-corrected chi connectivity index (χ4v) is 3.94.